The zero-order chi connectivity index (χ0) is 14.0. The van der Waals surface area contributed by atoms with Crippen molar-refractivity contribution in [3.8, 4) is 0 Å². The summed E-state index contributed by atoms with van der Waals surface area (Å²) in [4.78, 5) is 24.0. The fourth-order valence-electron chi connectivity index (χ4n) is 2.62. The molecule has 0 aliphatic heterocycles. The molecule has 1 saturated carbocycles. The normalized spacial score (nSPS) is 22.6. The summed E-state index contributed by atoms with van der Waals surface area (Å²) in [6.07, 6.45) is 1.79. The molecule has 1 aliphatic rings. The molecule has 0 radical (unpaired) electrons. The number of esters is 2. The number of rotatable bonds is 4. The Kier molecular flexibility index (Phi) is 5.90. The third-order valence-corrected chi connectivity index (χ3v) is 9.23. The van der Waals surface area contributed by atoms with Crippen molar-refractivity contribution in [2.45, 2.75) is 23.7 Å². The van der Waals surface area contributed by atoms with Gasteiger partial charge in [-0.25, -0.2) is 0 Å². The van der Waals surface area contributed by atoms with Gasteiger partial charge in [0.25, 0.3) is 0 Å². The van der Waals surface area contributed by atoms with E-state index in [0.29, 0.717) is 17.3 Å². The maximum absolute atomic E-state index is 12.0. The van der Waals surface area contributed by atoms with E-state index in [1.54, 1.807) is 0 Å². The van der Waals surface area contributed by atoms with Crippen LogP contribution in [0.4, 0.5) is 0 Å². The molecule has 0 saturated heterocycles. The quantitative estimate of drug-likeness (QED) is 0.396. The van der Waals surface area contributed by atoms with Crippen LogP contribution in [0.25, 0.3) is 0 Å². The van der Waals surface area contributed by atoms with Crippen molar-refractivity contribution in [3.05, 3.63) is 0 Å². The Morgan fingerprint density at radius 1 is 1.22 bits per heavy atom. The van der Waals surface area contributed by atoms with Crippen molar-refractivity contribution in [3.63, 3.8) is 0 Å². The van der Waals surface area contributed by atoms with Gasteiger partial charge in [-0.2, -0.15) is 0 Å². The number of methoxy groups -OCH3 is 2. The van der Waals surface area contributed by atoms with Crippen molar-refractivity contribution >= 4 is 53.7 Å². The average molecular weight is 424 g/mol. The van der Waals surface area contributed by atoms with Crippen molar-refractivity contribution in [1.29, 1.82) is 0 Å². The summed E-state index contributed by atoms with van der Waals surface area (Å²) in [7, 11) is 20.4. The van der Waals surface area contributed by atoms with Crippen LogP contribution in [-0.4, -0.2) is 41.2 Å². The Morgan fingerprint density at radius 3 is 2.11 bits per heavy atom. The second-order valence-corrected chi connectivity index (χ2v) is 25.9. The predicted molar refractivity (Wildman–Crippen MR) is 71.9 cm³/mol. The molecule has 1 rings (SSSR count). The van der Waals surface area contributed by atoms with Gasteiger partial charge in [0.2, 0.25) is 0 Å². The fourth-order valence-corrected chi connectivity index (χ4v) is 9.54. The SMILES string of the molecule is COC(=O)C1(C(=O)OC)CCCC1[CH2][Sn]([Cl])([Cl])[Cl]. The number of ether oxygens (including phenoxy) is 2. The molecule has 1 atom stereocenters. The maximum atomic E-state index is 12.0. The minimum atomic E-state index is -3.65. The zero-order valence-electron chi connectivity index (χ0n) is 10.2. The molecule has 1 aliphatic carbocycles. The molecule has 0 N–H and O–H groups in total. The number of carbonyl (C=O) groups is 2. The first-order chi connectivity index (χ1) is 8.28. The number of hydrogen-bond donors (Lipinski definition) is 0. The van der Waals surface area contributed by atoms with E-state index in [4.69, 9.17) is 36.2 Å². The summed E-state index contributed by atoms with van der Waals surface area (Å²) < 4.78 is 9.84. The Balaban J connectivity index is 3.08. The summed E-state index contributed by atoms with van der Waals surface area (Å²) >= 11 is -3.65. The molecule has 4 nitrogen and oxygen atoms in total. The zero-order valence-corrected chi connectivity index (χ0v) is 15.3. The van der Waals surface area contributed by atoms with Crippen molar-refractivity contribution in [2.75, 3.05) is 14.2 Å². The van der Waals surface area contributed by atoms with Gasteiger partial charge in [0.1, 0.15) is 0 Å². The van der Waals surface area contributed by atoms with Crippen molar-refractivity contribution < 1.29 is 19.1 Å². The Morgan fingerprint density at radius 2 is 1.72 bits per heavy atom. The number of hydrogen-bond acceptors (Lipinski definition) is 4. The van der Waals surface area contributed by atoms with Crippen LogP contribution in [0.1, 0.15) is 19.3 Å². The molecule has 0 aromatic heterocycles. The van der Waals surface area contributed by atoms with Crippen LogP contribution < -0.4 is 0 Å². The van der Waals surface area contributed by atoms with E-state index < -0.39 is 32.4 Å². The number of carbonyl (C=O) groups excluding carboxylic acids is 2. The summed E-state index contributed by atoms with van der Waals surface area (Å²) in [5, 5.41) is 0. The van der Waals surface area contributed by atoms with E-state index in [9.17, 15) is 9.59 Å². The molecule has 0 spiro atoms. The molecule has 0 aromatic carbocycles. The van der Waals surface area contributed by atoms with Gasteiger partial charge in [0.15, 0.2) is 0 Å². The third kappa shape index (κ3) is 3.38. The van der Waals surface area contributed by atoms with Crippen molar-refractivity contribution in [1.82, 2.24) is 0 Å². The topological polar surface area (TPSA) is 52.6 Å². The average Bonchev–Trinajstić information content (AvgIpc) is 2.69. The monoisotopic (exact) mass is 424 g/mol. The first-order valence-electron chi connectivity index (χ1n) is 5.51. The van der Waals surface area contributed by atoms with Crippen LogP contribution >= 0.6 is 26.8 Å². The summed E-state index contributed by atoms with van der Waals surface area (Å²) in [6, 6.07) is 0. The van der Waals surface area contributed by atoms with Gasteiger partial charge in [-0.3, -0.25) is 0 Å². The van der Waals surface area contributed by atoms with E-state index in [2.05, 4.69) is 0 Å². The standard InChI is InChI=1S/C10H15O4.3ClH.Sn/c1-7-5-4-6-10(7,8(11)13-2)9(12)14-3;;;;/h7H,1,4-6H2,2-3H3;3*1H;/q;;;;+3/p-3. The van der Waals surface area contributed by atoms with Crippen LogP contribution in [0.2, 0.25) is 4.44 Å². The molecule has 18 heavy (non-hydrogen) atoms. The molecule has 0 heterocycles. The molecular formula is C10H15Cl3O4Sn. The van der Waals surface area contributed by atoms with E-state index >= 15 is 0 Å². The summed E-state index contributed by atoms with van der Waals surface area (Å²) in [5.74, 6) is -1.46. The van der Waals surface area contributed by atoms with Crippen LogP contribution in [0.5, 0.6) is 0 Å². The molecule has 0 aromatic rings. The third-order valence-electron chi connectivity index (χ3n) is 3.40. The molecule has 0 amide bonds. The van der Waals surface area contributed by atoms with E-state index in [1.165, 1.54) is 14.2 Å². The fraction of sp³-hybridized carbons (Fsp3) is 0.800. The van der Waals surface area contributed by atoms with Gasteiger partial charge in [-0.1, -0.05) is 0 Å². The molecule has 1 fully saturated rings. The Labute approximate surface area is 121 Å². The molecule has 104 valence electrons. The van der Waals surface area contributed by atoms with Gasteiger partial charge in [0, 0.05) is 0 Å². The second-order valence-electron chi connectivity index (χ2n) is 4.36. The predicted octanol–water partition coefficient (Wildman–Crippen LogP) is 2.77. The van der Waals surface area contributed by atoms with Gasteiger partial charge in [-0.15, -0.1) is 0 Å². The van der Waals surface area contributed by atoms with Crippen LogP contribution in [-0.2, 0) is 19.1 Å². The van der Waals surface area contributed by atoms with Crippen molar-refractivity contribution in [2.24, 2.45) is 11.3 Å². The molecule has 1 unspecified atom stereocenters. The first kappa shape index (κ1) is 16.7. The Bertz CT molecular complexity index is 327. The molecule has 0 bridgehead atoms. The van der Waals surface area contributed by atoms with Gasteiger partial charge < -0.3 is 0 Å². The van der Waals surface area contributed by atoms with Crippen LogP contribution in [0, 0.1) is 11.3 Å². The Hall–Kier alpha value is 0.609. The second kappa shape index (κ2) is 6.37. The van der Waals surface area contributed by atoms with E-state index in [-0.39, 0.29) is 5.92 Å². The van der Waals surface area contributed by atoms with E-state index in [0.717, 1.165) is 6.42 Å². The molecule has 8 heteroatoms. The van der Waals surface area contributed by atoms with Crippen LogP contribution in [0.3, 0.4) is 0 Å². The molecular weight excluding hydrogens is 409 g/mol. The van der Waals surface area contributed by atoms with E-state index in [1.807, 2.05) is 0 Å². The minimum absolute atomic E-state index is 0.291. The summed E-state index contributed by atoms with van der Waals surface area (Å²) in [6.45, 7) is 0. The van der Waals surface area contributed by atoms with Crippen LogP contribution in [0.15, 0.2) is 0 Å². The first-order valence-corrected chi connectivity index (χ1v) is 18.4. The number of halogens is 3. The van der Waals surface area contributed by atoms with Gasteiger partial charge in [0.05, 0.1) is 0 Å². The van der Waals surface area contributed by atoms with Gasteiger partial charge in [-0.05, 0) is 0 Å². The van der Waals surface area contributed by atoms with Gasteiger partial charge >= 0.3 is 122 Å². The summed E-state index contributed by atoms with van der Waals surface area (Å²) in [5.41, 5.74) is -1.29.